The molecular formula is C17H22N2O2. The maximum absolute atomic E-state index is 10.5. The lowest BCUT2D eigenvalue weighted by atomic mass is 10.2. The van der Waals surface area contributed by atoms with E-state index >= 15 is 0 Å². The van der Waals surface area contributed by atoms with Gasteiger partial charge < -0.3 is 9.90 Å². The van der Waals surface area contributed by atoms with Gasteiger partial charge in [-0.3, -0.25) is 0 Å². The Morgan fingerprint density at radius 1 is 1.29 bits per heavy atom. The lowest BCUT2D eigenvalue weighted by Gasteiger charge is -2.05. The molecule has 0 saturated carbocycles. The second-order valence-corrected chi connectivity index (χ2v) is 5.25. The van der Waals surface area contributed by atoms with Crippen molar-refractivity contribution < 1.29 is 14.5 Å². The molecule has 0 unspecified atom stereocenters. The maximum Gasteiger partial charge on any atom is 0.256 e. The molecule has 0 saturated heterocycles. The predicted octanol–water partition coefficient (Wildman–Crippen LogP) is 1.31. The summed E-state index contributed by atoms with van der Waals surface area (Å²) in [5, 5.41) is 10.5. The van der Waals surface area contributed by atoms with Crippen LogP contribution < -0.4 is 9.67 Å². The minimum absolute atomic E-state index is 0.114. The van der Waals surface area contributed by atoms with Crippen LogP contribution in [0.1, 0.15) is 37.6 Å². The number of hydrogen-bond acceptors (Lipinski definition) is 2. The summed E-state index contributed by atoms with van der Waals surface area (Å²) in [4.78, 5) is 10.5. The summed E-state index contributed by atoms with van der Waals surface area (Å²) < 4.78 is 4.41. The molecule has 0 N–H and O–H groups in total. The Hall–Kier alpha value is -2.10. The Labute approximate surface area is 125 Å². The molecule has 4 heteroatoms. The highest BCUT2D eigenvalue weighted by Crippen LogP contribution is 2.05. The third-order valence-electron chi connectivity index (χ3n) is 3.54. The van der Waals surface area contributed by atoms with Crippen LogP contribution in [0.15, 0.2) is 42.7 Å². The molecule has 2 aromatic rings. The standard InChI is InChI=1S/C17H22N2O2/c1-2-7-16-18(11-6-10-17(20)21)12-13-19(16)14-15-8-4-3-5-9-15/h3-5,8-9,12-13H,2,6-7,10-11,14H2,1H3. The molecular weight excluding hydrogens is 264 g/mol. The van der Waals surface area contributed by atoms with Gasteiger partial charge in [0.2, 0.25) is 0 Å². The molecule has 112 valence electrons. The van der Waals surface area contributed by atoms with Gasteiger partial charge in [-0.1, -0.05) is 37.3 Å². The number of carboxylic acid groups (broad SMARTS) is 1. The van der Waals surface area contributed by atoms with Crippen LogP contribution in [0.25, 0.3) is 0 Å². The van der Waals surface area contributed by atoms with Crippen LogP contribution in [0.5, 0.6) is 0 Å². The molecule has 2 rings (SSSR count). The van der Waals surface area contributed by atoms with Crippen LogP contribution in [-0.2, 0) is 24.3 Å². The molecule has 0 radical (unpaired) electrons. The van der Waals surface area contributed by atoms with Gasteiger partial charge in [0.15, 0.2) is 0 Å². The molecule has 1 aromatic carbocycles. The van der Waals surface area contributed by atoms with Gasteiger partial charge in [-0.05, 0) is 24.8 Å². The maximum atomic E-state index is 10.5. The topological polar surface area (TPSA) is 48.9 Å². The van der Waals surface area contributed by atoms with E-state index in [4.69, 9.17) is 0 Å². The Morgan fingerprint density at radius 2 is 2.05 bits per heavy atom. The molecule has 0 aliphatic heterocycles. The van der Waals surface area contributed by atoms with E-state index in [1.165, 1.54) is 11.4 Å². The minimum Gasteiger partial charge on any atom is -0.550 e. The van der Waals surface area contributed by atoms with Crippen LogP contribution >= 0.6 is 0 Å². The van der Waals surface area contributed by atoms with Gasteiger partial charge >= 0.3 is 0 Å². The van der Waals surface area contributed by atoms with Crippen LogP contribution in [0, 0.1) is 0 Å². The summed E-state index contributed by atoms with van der Waals surface area (Å²) in [6.45, 7) is 3.74. The Balaban J connectivity index is 2.10. The van der Waals surface area contributed by atoms with Crippen molar-refractivity contribution >= 4 is 5.97 Å². The zero-order valence-electron chi connectivity index (χ0n) is 12.5. The molecule has 1 aromatic heterocycles. The van der Waals surface area contributed by atoms with E-state index in [9.17, 15) is 9.90 Å². The molecule has 0 fully saturated rings. The van der Waals surface area contributed by atoms with E-state index < -0.39 is 5.97 Å². The average Bonchev–Trinajstić information content (AvgIpc) is 2.83. The summed E-state index contributed by atoms with van der Waals surface area (Å²) in [5.74, 6) is 0.274. The van der Waals surface area contributed by atoms with Crippen LogP contribution in [0.2, 0.25) is 0 Å². The predicted molar refractivity (Wildman–Crippen MR) is 78.4 cm³/mol. The zero-order valence-corrected chi connectivity index (χ0v) is 12.5. The highest BCUT2D eigenvalue weighted by Gasteiger charge is 2.16. The van der Waals surface area contributed by atoms with Gasteiger partial charge in [0.1, 0.15) is 18.9 Å². The molecule has 4 nitrogen and oxygen atoms in total. The number of rotatable bonds is 8. The van der Waals surface area contributed by atoms with Gasteiger partial charge in [0.25, 0.3) is 5.82 Å². The number of hydrogen-bond donors (Lipinski definition) is 0. The highest BCUT2D eigenvalue weighted by molar-refractivity contribution is 5.64. The van der Waals surface area contributed by atoms with Crippen molar-refractivity contribution in [2.24, 2.45) is 0 Å². The van der Waals surface area contributed by atoms with E-state index in [1.54, 1.807) is 0 Å². The normalized spacial score (nSPS) is 10.7. The molecule has 0 amide bonds. The van der Waals surface area contributed by atoms with E-state index in [-0.39, 0.29) is 6.42 Å². The minimum atomic E-state index is -0.976. The average molecular weight is 286 g/mol. The van der Waals surface area contributed by atoms with Gasteiger partial charge in [-0.15, -0.1) is 0 Å². The molecule has 21 heavy (non-hydrogen) atoms. The van der Waals surface area contributed by atoms with E-state index in [1.807, 2.05) is 24.4 Å². The van der Waals surface area contributed by atoms with E-state index in [2.05, 4.69) is 34.4 Å². The quantitative estimate of drug-likeness (QED) is 0.687. The first-order valence-electron chi connectivity index (χ1n) is 7.52. The third kappa shape index (κ3) is 4.45. The zero-order chi connectivity index (χ0) is 15.1. The van der Waals surface area contributed by atoms with Gasteiger partial charge in [-0.25, -0.2) is 9.13 Å². The number of imidazole rings is 1. The van der Waals surface area contributed by atoms with Crippen molar-refractivity contribution in [1.29, 1.82) is 0 Å². The van der Waals surface area contributed by atoms with Crippen molar-refractivity contribution in [3.05, 3.63) is 54.1 Å². The molecule has 0 aliphatic carbocycles. The SMILES string of the molecule is CCCc1n(CCCC(=O)[O-])cc[n+]1Cc1ccccc1. The van der Waals surface area contributed by atoms with E-state index in [0.717, 1.165) is 25.9 Å². The fourth-order valence-corrected chi connectivity index (χ4v) is 2.53. The van der Waals surface area contributed by atoms with Gasteiger partial charge in [-0.2, -0.15) is 0 Å². The van der Waals surface area contributed by atoms with E-state index in [0.29, 0.717) is 6.42 Å². The molecule has 0 aliphatic rings. The number of carbonyl (C=O) groups is 1. The van der Waals surface area contributed by atoms with Crippen LogP contribution in [-0.4, -0.2) is 10.5 Å². The van der Waals surface area contributed by atoms with Crippen molar-refractivity contribution in [3.63, 3.8) is 0 Å². The number of aryl methyl sites for hydroxylation is 1. The Kier molecular flexibility index (Phi) is 5.55. The van der Waals surface area contributed by atoms with Crippen molar-refractivity contribution in [2.45, 2.75) is 45.7 Å². The number of aromatic nitrogens is 2. The fourth-order valence-electron chi connectivity index (χ4n) is 2.53. The second kappa shape index (κ2) is 7.62. The van der Waals surface area contributed by atoms with Gasteiger partial charge in [0, 0.05) is 12.4 Å². The largest absolute Gasteiger partial charge is 0.550 e. The van der Waals surface area contributed by atoms with Crippen molar-refractivity contribution in [2.75, 3.05) is 0 Å². The first kappa shape index (κ1) is 15.3. The monoisotopic (exact) mass is 286 g/mol. The number of carboxylic acids is 1. The molecule has 0 bridgehead atoms. The molecule has 1 heterocycles. The first-order chi connectivity index (χ1) is 10.2. The molecule has 0 spiro atoms. The molecule has 0 atom stereocenters. The second-order valence-electron chi connectivity index (χ2n) is 5.25. The lowest BCUT2D eigenvalue weighted by Crippen LogP contribution is -2.37. The van der Waals surface area contributed by atoms with Crippen molar-refractivity contribution in [1.82, 2.24) is 4.57 Å². The Bertz CT molecular complexity index is 576. The fraction of sp³-hybridized carbons (Fsp3) is 0.412. The number of benzene rings is 1. The summed E-state index contributed by atoms with van der Waals surface area (Å²) in [6.07, 6.45) is 6.91. The van der Waals surface area contributed by atoms with Crippen LogP contribution in [0.3, 0.4) is 0 Å². The summed E-state index contributed by atoms with van der Waals surface area (Å²) in [7, 11) is 0. The summed E-state index contributed by atoms with van der Waals surface area (Å²) in [5.41, 5.74) is 1.27. The lowest BCUT2D eigenvalue weighted by molar-refractivity contribution is -0.695. The van der Waals surface area contributed by atoms with Gasteiger partial charge in [0.05, 0.1) is 6.54 Å². The van der Waals surface area contributed by atoms with Crippen molar-refractivity contribution in [3.8, 4) is 0 Å². The Morgan fingerprint density at radius 3 is 2.71 bits per heavy atom. The van der Waals surface area contributed by atoms with Crippen LogP contribution in [0.4, 0.5) is 0 Å². The summed E-state index contributed by atoms with van der Waals surface area (Å²) >= 11 is 0. The number of carbonyl (C=O) groups excluding carboxylic acids is 1. The summed E-state index contributed by atoms with van der Waals surface area (Å²) in [6, 6.07) is 10.4. The third-order valence-corrected chi connectivity index (χ3v) is 3.54. The number of nitrogens with zero attached hydrogens (tertiary/aromatic N) is 2. The smallest absolute Gasteiger partial charge is 0.256 e. The highest BCUT2D eigenvalue weighted by atomic mass is 16.4. The number of aliphatic carboxylic acids is 1. The first-order valence-corrected chi connectivity index (χ1v) is 7.52.